The molecule has 6 aliphatic rings. The first-order valence-corrected chi connectivity index (χ1v) is 15.0. The summed E-state index contributed by atoms with van der Waals surface area (Å²) in [5, 5.41) is 1.34. The second kappa shape index (κ2) is 9.91. The van der Waals surface area contributed by atoms with Crippen LogP contribution in [0.5, 0.6) is 0 Å². The molecule has 1 amide bonds. The minimum Gasteiger partial charge on any atom is -0.365 e. The number of H-pyrrole nitrogens is 1. The number of nitrogens with zero attached hydrogens (tertiary/aromatic N) is 5. The van der Waals surface area contributed by atoms with Crippen LogP contribution in [-0.2, 0) is 20.8 Å². The fraction of sp³-hybridized carbons (Fsp3) is 0.469. The lowest BCUT2D eigenvalue weighted by Crippen LogP contribution is -2.47. The number of aromatic nitrogens is 1. The van der Waals surface area contributed by atoms with Crippen LogP contribution in [0.2, 0.25) is 0 Å². The van der Waals surface area contributed by atoms with Gasteiger partial charge in [-0.05, 0) is 50.1 Å². The Morgan fingerprint density at radius 1 is 0.976 bits per heavy atom. The molecule has 9 nitrogen and oxygen atoms in total. The maximum absolute atomic E-state index is 12.9. The number of aromatic amines is 1. The molecule has 8 rings (SSSR count). The Hall–Kier alpha value is -3.85. The number of hydrogen-bond acceptors (Lipinski definition) is 7. The van der Waals surface area contributed by atoms with Gasteiger partial charge in [-0.3, -0.25) is 19.3 Å². The van der Waals surface area contributed by atoms with Crippen molar-refractivity contribution in [2.24, 2.45) is 5.92 Å². The first-order valence-electron chi connectivity index (χ1n) is 15.0. The van der Waals surface area contributed by atoms with Gasteiger partial charge in [0.25, 0.3) is 0 Å². The SMILES string of the molecule is CCN(CC)C(=O)[C@@H]1C=C2c3cccc4[nH]cc(c34)C[C@H]2N(C)C1.O=C1C=C(N2CC2)C(=O)C(N2CC2)=C1N1CC1. The maximum atomic E-state index is 12.9. The summed E-state index contributed by atoms with van der Waals surface area (Å²) in [6.07, 6.45) is 6.93. The molecule has 1 aromatic carbocycles. The predicted molar refractivity (Wildman–Crippen MR) is 158 cm³/mol. The average molecular weight is 555 g/mol. The highest BCUT2D eigenvalue weighted by Crippen LogP contribution is 2.41. The fourth-order valence-corrected chi connectivity index (χ4v) is 6.65. The Morgan fingerprint density at radius 2 is 1.66 bits per heavy atom. The minimum atomic E-state index is -0.0445. The molecule has 3 saturated heterocycles. The third kappa shape index (κ3) is 4.56. The zero-order valence-corrected chi connectivity index (χ0v) is 24.2. The number of hydrogen-bond donors (Lipinski definition) is 1. The largest absolute Gasteiger partial charge is 0.365 e. The highest BCUT2D eigenvalue weighted by Gasteiger charge is 2.43. The van der Waals surface area contributed by atoms with Crippen molar-refractivity contribution in [2.45, 2.75) is 26.3 Å². The molecule has 9 heteroatoms. The lowest BCUT2D eigenvalue weighted by Gasteiger charge is -2.40. The summed E-state index contributed by atoms with van der Waals surface area (Å²) in [5.41, 5.74) is 7.10. The number of rotatable bonds is 6. The van der Waals surface area contributed by atoms with Crippen LogP contribution in [0.15, 0.2) is 53.6 Å². The summed E-state index contributed by atoms with van der Waals surface area (Å²) in [6, 6.07) is 6.82. The van der Waals surface area contributed by atoms with Crippen LogP contribution in [0.25, 0.3) is 16.5 Å². The summed E-state index contributed by atoms with van der Waals surface area (Å²) < 4.78 is 0. The van der Waals surface area contributed by atoms with Crippen molar-refractivity contribution >= 4 is 33.9 Å². The molecule has 214 valence electrons. The maximum Gasteiger partial charge on any atom is 0.230 e. The molecule has 3 fully saturated rings. The van der Waals surface area contributed by atoms with Crippen molar-refractivity contribution in [3.05, 3.63) is 64.8 Å². The van der Waals surface area contributed by atoms with Gasteiger partial charge in [-0.25, -0.2) is 0 Å². The summed E-state index contributed by atoms with van der Waals surface area (Å²) >= 11 is 0. The van der Waals surface area contributed by atoms with Crippen molar-refractivity contribution in [3.63, 3.8) is 0 Å². The summed E-state index contributed by atoms with van der Waals surface area (Å²) in [5.74, 6) is 0.258. The number of allylic oxidation sites excluding steroid dienone is 1. The van der Waals surface area contributed by atoms with Gasteiger partial charge in [0.15, 0.2) is 0 Å². The second-order valence-electron chi connectivity index (χ2n) is 11.8. The lowest BCUT2D eigenvalue weighted by atomic mass is 9.79. The second-order valence-corrected chi connectivity index (χ2v) is 11.8. The number of carbonyl (C=O) groups is 3. The van der Waals surface area contributed by atoms with Gasteiger partial charge in [0.1, 0.15) is 11.4 Å². The lowest BCUT2D eigenvalue weighted by molar-refractivity contribution is -0.134. The number of nitrogens with one attached hydrogen (secondary N) is 1. The molecule has 0 saturated carbocycles. The molecule has 2 aliphatic carbocycles. The molecule has 0 bridgehead atoms. The summed E-state index contributed by atoms with van der Waals surface area (Å²) in [6.45, 7) is 11.9. The van der Waals surface area contributed by atoms with Gasteiger partial charge in [-0.2, -0.15) is 0 Å². The normalized spacial score (nSPS) is 24.5. The first-order chi connectivity index (χ1) is 19.9. The molecule has 1 aromatic heterocycles. The van der Waals surface area contributed by atoms with E-state index in [0.717, 1.165) is 65.3 Å². The van der Waals surface area contributed by atoms with Crippen LogP contribution < -0.4 is 0 Å². The van der Waals surface area contributed by atoms with Crippen molar-refractivity contribution in [2.75, 3.05) is 66.0 Å². The van der Waals surface area contributed by atoms with Gasteiger partial charge in [0.05, 0.1) is 11.6 Å². The summed E-state index contributed by atoms with van der Waals surface area (Å²) in [7, 11) is 2.15. The molecule has 0 unspecified atom stereocenters. The number of ketones is 2. The molecule has 0 spiro atoms. The quantitative estimate of drug-likeness (QED) is 0.433. The van der Waals surface area contributed by atoms with Crippen molar-refractivity contribution < 1.29 is 14.4 Å². The van der Waals surface area contributed by atoms with Crippen LogP contribution in [0.1, 0.15) is 25.0 Å². The van der Waals surface area contributed by atoms with Crippen molar-refractivity contribution in [3.8, 4) is 0 Å². The number of Topliss-reactive ketones (excluding diaryl/α,β-unsaturated/α-hetero) is 1. The van der Waals surface area contributed by atoms with E-state index in [2.05, 4.69) is 61.3 Å². The van der Waals surface area contributed by atoms with E-state index in [4.69, 9.17) is 0 Å². The zero-order valence-electron chi connectivity index (χ0n) is 24.2. The Kier molecular flexibility index (Phi) is 6.30. The highest BCUT2D eigenvalue weighted by atomic mass is 16.2. The Balaban J connectivity index is 0.000000142. The molecule has 0 radical (unpaired) electrons. The Morgan fingerprint density at radius 3 is 2.32 bits per heavy atom. The topological polar surface area (TPSA) is 82.5 Å². The van der Waals surface area contributed by atoms with E-state index < -0.39 is 0 Å². The van der Waals surface area contributed by atoms with E-state index in [1.54, 1.807) is 0 Å². The van der Waals surface area contributed by atoms with E-state index in [1.165, 1.54) is 33.7 Å². The Bertz CT molecular complexity index is 1530. The molecule has 2 atom stereocenters. The third-order valence-corrected chi connectivity index (χ3v) is 9.15. The van der Waals surface area contributed by atoms with Gasteiger partial charge < -0.3 is 24.6 Å². The zero-order chi connectivity index (χ0) is 28.4. The van der Waals surface area contributed by atoms with E-state index >= 15 is 0 Å². The van der Waals surface area contributed by atoms with E-state index in [0.29, 0.717) is 23.1 Å². The van der Waals surface area contributed by atoms with E-state index in [1.807, 2.05) is 19.6 Å². The van der Waals surface area contributed by atoms with E-state index in [-0.39, 0.29) is 23.4 Å². The van der Waals surface area contributed by atoms with Gasteiger partial charge in [0.2, 0.25) is 17.5 Å². The number of fused-ring (bicyclic) bond motifs is 2. The minimum absolute atomic E-state index is 0.00546. The molecule has 1 N–H and O–H groups in total. The molecule has 41 heavy (non-hydrogen) atoms. The first kappa shape index (κ1) is 26.1. The number of carbonyl (C=O) groups excluding carboxylic acids is 3. The smallest absolute Gasteiger partial charge is 0.230 e. The van der Waals surface area contributed by atoms with Crippen LogP contribution in [0, 0.1) is 5.92 Å². The van der Waals surface area contributed by atoms with Crippen molar-refractivity contribution in [1.29, 1.82) is 0 Å². The van der Waals surface area contributed by atoms with Gasteiger partial charge in [-0.15, -0.1) is 0 Å². The predicted octanol–water partition coefficient (Wildman–Crippen LogP) is 2.09. The fourth-order valence-electron chi connectivity index (χ4n) is 6.65. The third-order valence-electron chi connectivity index (χ3n) is 9.15. The standard InChI is InChI=1S/C20H25N3O.C12H13N3O2/c1-4-23(5-2)20(24)14-9-16-15-7-6-8-17-19(15)13(11-21-17)10-18(16)22(3)12-14;16-9-7-8(13-1-2-13)12(17)11(15-5-6-15)10(9)14-3-4-14/h6-9,11,14,18,21H,4-5,10,12H2,1-3H3;7H,1-6H2/t14-,18-;/m1./s1. The van der Waals surface area contributed by atoms with Gasteiger partial charge in [-0.1, -0.05) is 18.2 Å². The van der Waals surface area contributed by atoms with Gasteiger partial charge >= 0.3 is 0 Å². The average Bonchev–Trinajstić information content (AvgIpc) is 3.83. The summed E-state index contributed by atoms with van der Waals surface area (Å²) in [4.78, 5) is 51.0. The van der Waals surface area contributed by atoms with Crippen LogP contribution in [-0.4, -0.2) is 119 Å². The monoisotopic (exact) mass is 554 g/mol. The Labute approximate surface area is 240 Å². The molecule has 5 heterocycles. The van der Waals surface area contributed by atoms with Crippen molar-refractivity contribution in [1.82, 2.24) is 29.5 Å². The van der Waals surface area contributed by atoms with Crippen LogP contribution >= 0.6 is 0 Å². The number of benzene rings is 1. The number of likely N-dealkylation sites (N-methyl/N-ethyl adjacent to an activating group) is 1. The van der Waals surface area contributed by atoms with Gasteiger partial charge in [0, 0.05) is 88.1 Å². The van der Waals surface area contributed by atoms with Crippen LogP contribution in [0.4, 0.5) is 0 Å². The molecular weight excluding hydrogens is 516 g/mol. The number of amides is 1. The molecule has 2 aromatic rings. The molecule has 4 aliphatic heterocycles. The highest BCUT2D eigenvalue weighted by molar-refractivity contribution is 6.22. The van der Waals surface area contributed by atoms with Crippen LogP contribution in [0.3, 0.4) is 0 Å². The van der Waals surface area contributed by atoms with E-state index in [9.17, 15) is 14.4 Å². The molecular formula is C32H38N6O3.